The summed E-state index contributed by atoms with van der Waals surface area (Å²) in [5, 5.41) is 15.3. The van der Waals surface area contributed by atoms with Crippen LogP contribution >= 0.6 is 0 Å². The lowest BCUT2D eigenvalue weighted by atomic mass is 9.94. The zero-order valence-electron chi connectivity index (χ0n) is 12.4. The van der Waals surface area contributed by atoms with Crippen LogP contribution in [0.2, 0.25) is 0 Å². The normalized spacial score (nSPS) is 18.7. The fourth-order valence-electron chi connectivity index (χ4n) is 2.59. The summed E-state index contributed by atoms with van der Waals surface area (Å²) in [5.74, 6) is 1.62. The predicted octanol–water partition coefficient (Wildman–Crippen LogP) is 2.24. The van der Waals surface area contributed by atoms with E-state index in [0.717, 1.165) is 24.3 Å². The number of hydrogen-bond donors (Lipinski definition) is 3. The maximum absolute atomic E-state index is 8.76. The summed E-state index contributed by atoms with van der Waals surface area (Å²) in [7, 11) is 1.65. The fourth-order valence-corrected chi connectivity index (χ4v) is 2.59. The molecule has 0 saturated heterocycles. The molecule has 1 aromatic rings. The van der Waals surface area contributed by atoms with Crippen molar-refractivity contribution in [3.05, 3.63) is 41.5 Å². The molecule has 5 nitrogen and oxygen atoms in total. The van der Waals surface area contributed by atoms with Gasteiger partial charge < -0.3 is 21.0 Å². The smallest absolute Gasteiger partial charge is 0.170 e. The van der Waals surface area contributed by atoms with Gasteiger partial charge in [-0.05, 0) is 49.9 Å². The molecular weight excluding hydrogens is 266 g/mol. The average molecular weight is 289 g/mol. The van der Waals surface area contributed by atoms with E-state index in [4.69, 9.17) is 15.7 Å². The molecule has 0 radical (unpaired) electrons. The van der Waals surface area contributed by atoms with E-state index in [0.29, 0.717) is 18.0 Å². The van der Waals surface area contributed by atoms with Crippen LogP contribution in [0.4, 0.5) is 0 Å². The zero-order chi connectivity index (χ0) is 15.1. The van der Waals surface area contributed by atoms with Crippen LogP contribution in [0.3, 0.4) is 0 Å². The Hall–Kier alpha value is -2.01. The molecule has 114 valence electrons. The number of nitrogens with two attached hydrogens (primary N) is 1. The highest BCUT2D eigenvalue weighted by Crippen LogP contribution is 2.21. The lowest BCUT2D eigenvalue weighted by Gasteiger charge is -2.19. The van der Waals surface area contributed by atoms with Crippen LogP contribution in [0.5, 0.6) is 5.75 Å². The third kappa shape index (κ3) is 4.23. The molecule has 1 aliphatic carbocycles. The van der Waals surface area contributed by atoms with Crippen molar-refractivity contribution in [3.8, 4) is 5.75 Å². The molecule has 0 heterocycles. The van der Waals surface area contributed by atoms with Gasteiger partial charge in [-0.25, -0.2) is 0 Å². The SMILES string of the molecule is COc1ccc(/C(N)=N/O)cc1CNCC1CC=CCC1. The van der Waals surface area contributed by atoms with Gasteiger partial charge in [-0.3, -0.25) is 0 Å². The molecule has 1 aliphatic rings. The Bertz CT molecular complexity index is 526. The Morgan fingerprint density at radius 2 is 2.33 bits per heavy atom. The minimum atomic E-state index is 0.108. The first-order valence-electron chi connectivity index (χ1n) is 7.25. The number of nitrogens with one attached hydrogen (secondary N) is 1. The standard InChI is InChI=1S/C16H23N3O2/c1-21-15-8-7-13(16(17)19-20)9-14(15)11-18-10-12-5-3-2-4-6-12/h2-3,7-9,12,18,20H,4-6,10-11H2,1H3,(H2,17,19). The highest BCUT2D eigenvalue weighted by atomic mass is 16.5. The van der Waals surface area contributed by atoms with E-state index in [2.05, 4.69) is 22.6 Å². The molecule has 1 unspecified atom stereocenters. The van der Waals surface area contributed by atoms with E-state index in [-0.39, 0.29) is 5.84 Å². The number of amidine groups is 1. The number of benzene rings is 1. The van der Waals surface area contributed by atoms with Crippen molar-refractivity contribution in [3.63, 3.8) is 0 Å². The lowest BCUT2D eigenvalue weighted by molar-refractivity contribution is 0.318. The molecule has 0 saturated carbocycles. The van der Waals surface area contributed by atoms with E-state index >= 15 is 0 Å². The number of methoxy groups -OCH3 is 1. The molecule has 0 bridgehead atoms. The highest BCUT2D eigenvalue weighted by Gasteiger charge is 2.11. The fraction of sp³-hybridized carbons (Fsp3) is 0.438. The quantitative estimate of drug-likeness (QED) is 0.247. The van der Waals surface area contributed by atoms with Gasteiger partial charge in [-0.15, -0.1) is 0 Å². The average Bonchev–Trinajstić information content (AvgIpc) is 2.55. The number of allylic oxidation sites excluding steroid dienone is 2. The highest BCUT2D eigenvalue weighted by molar-refractivity contribution is 5.97. The van der Waals surface area contributed by atoms with Gasteiger partial charge in [0.05, 0.1) is 7.11 Å². The number of ether oxygens (including phenoxy) is 1. The molecule has 0 fully saturated rings. The number of hydrogen-bond acceptors (Lipinski definition) is 4. The third-order valence-corrected chi connectivity index (χ3v) is 3.81. The van der Waals surface area contributed by atoms with Crippen molar-refractivity contribution in [2.24, 2.45) is 16.8 Å². The maximum Gasteiger partial charge on any atom is 0.170 e. The van der Waals surface area contributed by atoms with Gasteiger partial charge >= 0.3 is 0 Å². The van der Waals surface area contributed by atoms with Crippen LogP contribution in [-0.2, 0) is 6.54 Å². The Balaban J connectivity index is 1.98. The summed E-state index contributed by atoms with van der Waals surface area (Å²) < 4.78 is 5.36. The van der Waals surface area contributed by atoms with Crippen molar-refractivity contribution in [1.82, 2.24) is 5.32 Å². The second-order valence-electron chi connectivity index (χ2n) is 5.29. The number of nitrogens with zero attached hydrogens (tertiary/aromatic N) is 1. The lowest BCUT2D eigenvalue weighted by Crippen LogP contribution is -2.23. The number of rotatable bonds is 6. The summed E-state index contributed by atoms with van der Waals surface area (Å²) >= 11 is 0. The molecule has 0 aromatic heterocycles. The van der Waals surface area contributed by atoms with Gasteiger partial charge in [0.15, 0.2) is 5.84 Å². The second-order valence-corrected chi connectivity index (χ2v) is 5.29. The van der Waals surface area contributed by atoms with Gasteiger partial charge in [-0.1, -0.05) is 17.3 Å². The Kier molecular flexibility index (Phi) is 5.63. The van der Waals surface area contributed by atoms with Crippen molar-refractivity contribution in [2.75, 3.05) is 13.7 Å². The van der Waals surface area contributed by atoms with E-state index in [1.807, 2.05) is 12.1 Å². The van der Waals surface area contributed by atoms with E-state index in [9.17, 15) is 0 Å². The van der Waals surface area contributed by atoms with Crippen LogP contribution in [0.1, 0.15) is 30.4 Å². The van der Waals surface area contributed by atoms with Crippen LogP contribution in [0.15, 0.2) is 35.5 Å². The van der Waals surface area contributed by atoms with Crippen LogP contribution in [0.25, 0.3) is 0 Å². The third-order valence-electron chi connectivity index (χ3n) is 3.81. The van der Waals surface area contributed by atoms with E-state index in [1.54, 1.807) is 13.2 Å². The first-order chi connectivity index (χ1) is 10.2. The van der Waals surface area contributed by atoms with Gasteiger partial charge in [0.1, 0.15) is 5.75 Å². The molecule has 0 amide bonds. The summed E-state index contributed by atoms with van der Waals surface area (Å²) in [4.78, 5) is 0. The Morgan fingerprint density at radius 3 is 3.00 bits per heavy atom. The zero-order valence-corrected chi connectivity index (χ0v) is 12.4. The molecule has 0 spiro atoms. The molecule has 1 aromatic carbocycles. The first-order valence-corrected chi connectivity index (χ1v) is 7.25. The van der Waals surface area contributed by atoms with Crippen molar-refractivity contribution < 1.29 is 9.94 Å². The molecule has 5 heteroatoms. The van der Waals surface area contributed by atoms with Crippen LogP contribution < -0.4 is 15.8 Å². The Labute approximate surface area is 125 Å². The molecule has 2 rings (SSSR count). The largest absolute Gasteiger partial charge is 0.496 e. The van der Waals surface area contributed by atoms with Gasteiger partial charge in [-0.2, -0.15) is 0 Å². The molecular formula is C16H23N3O2. The Morgan fingerprint density at radius 1 is 1.48 bits per heavy atom. The summed E-state index contributed by atoms with van der Waals surface area (Å²) in [6.45, 7) is 1.69. The van der Waals surface area contributed by atoms with Crippen LogP contribution in [0, 0.1) is 5.92 Å². The predicted molar refractivity (Wildman–Crippen MR) is 83.7 cm³/mol. The second kappa shape index (κ2) is 7.69. The summed E-state index contributed by atoms with van der Waals surface area (Å²) in [6.07, 6.45) is 8.07. The van der Waals surface area contributed by atoms with Gasteiger partial charge in [0.25, 0.3) is 0 Å². The van der Waals surface area contributed by atoms with E-state index in [1.165, 1.54) is 12.8 Å². The summed E-state index contributed by atoms with van der Waals surface area (Å²) in [6, 6.07) is 5.51. The van der Waals surface area contributed by atoms with Crippen LogP contribution in [-0.4, -0.2) is 24.7 Å². The minimum absolute atomic E-state index is 0.108. The molecule has 4 N–H and O–H groups in total. The molecule has 21 heavy (non-hydrogen) atoms. The summed E-state index contributed by atoms with van der Waals surface area (Å²) in [5.41, 5.74) is 7.33. The molecule has 0 aliphatic heterocycles. The topological polar surface area (TPSA) is 79.9 Å². The minimum Gasteiger partial charge on any atom is -0.496 e. The maximum atomic E-state index is 8.76. The first kappa shape index (κ1) is 15.4. The van der Waals surface area contributed by atoms with Crippen molar-refractivity contribution in [2.45, 2.75) is 25.8 Å². The molecule has 1 atom stereocenters. The number of oxime groups is 1. The van der Waals surface area contributed by atoms with E-state index < -0.39 is 0 Å². The monoisotopic (exact) mass is 289 g/mol. The van der Waals surface area contributed by atoms with Crippen molar-refractivity contribution in [1.29, 1.82) is 0 Å². The van der Waals surface area contributed by atoms with Gasteiger partial charge in [0.2, 0.25) is 0 Å². The van der Waals surface area contributed by atoms with Crippen molar-refractivity contribution >= 4 is 5.84 Å². The van der Waals surface area contributed by atoms with Gasteiger partial charge in [0, 0.05) is 17.7 Å².